The molecule has 0 aliphatic carbocycles. The summed E-state index contributed by atoms with van der Waals surface area (Å²) in [5, 5.41) is 6.51. The van der Waals surface area contributed by atoms with Gasteiger partial charge >= 0.3 is 0 Å². The summed E-state index contributed by atoms with van der Waals surface area (Å²) in [6.07, 6.45) is 0. The van der Waals surface area contributed by atoms with Gasteiger partial charge < -0.3 is 10.6 Å². The van der Waals surface area contributed by atoms with Gasteiger partial charge in [-0.05, 0) is 72.9 Å². The van der Waals surface area contributed by atoms with Crippen LogP contribution in [-0.2, 0) is 10.0 Å². The average molecular weight is 505 g/mol. The summed E-state index contributed by atoms with van der Waals surface area (Å²) in [5.74, 6) is -0.535. The molecule has 3 rings (SSSR count). The van der Waals surface area contributed by atoms with Crippen LogP contribution in [0, 0.1) is 5.82 Å². The van der Waals surface area contributed by atoms with Crippen molar-refractivity contribution in [2.45, 2.75) is 4.90 Å². The number of hydrogen-bond acceptors (Lipinski definition) is 3. The maximum absolute atomic E-state index is 13.2. The van der Waals surface area contributed by atoms with Gasteiger partial charge in [-0.3, -0.25) is 4.72 Å². The second kappa shape index (κ2) is 9.36. The van der Waals surface area contributed by atoms with Crippen LogP contribution in [0.4, 0.5) is 21.5 Å². The highest BCUT2D eigenvalue weighted by atomic mass is 35.5. The summed E-state index contributed by atoms with van der Waals surface area (Å²) in [5.41, 5.74) is 1.34. The first kappa shape index (κ1) is 22.6. The Bertz CT molecular complexity index is 1210. The van der Waals surface area contributed by atoms with Crippen LogP contribution >= 0.6 is 47.0 Å². The van der Waals surface area contributed by atoms with E-state index in [9.17, 15) is 12.8 Å². The molecule has 0 saturated heterocycles. The standard InChI is InChI=1S/C19H13Cl3FN3O2S2/c20-15-7-3-13(10-16(15)21)26-30(27,28)14-5-1-11(2-6-14)24-19(29)25-12-4-8-18(23)17(22)9-12/h1-10,26H,(H2,24,25,29). The van der Waals surface area contributed by atoms with Crippen molar-refractivity contribution in [1.82, 2.24) is 0 Å². The van der Waals surface area contributed by atoms with Gasteiger partial charge in [0.1, 0.15) is 5.82 Å². The fourth-order valence-corrected chi connectivity index (χ4v) is 4.12. The number of nitrogens with one attached hydrogen (secondary N) is 3. The molecular weight excluding hydrogens is 492 g/mol. The van der Waals surface area contributed by atoms with Gasteiger partial charge in [0.25, 0.3) is 10.0 Å². The van der Waals surface area contributed by atoms with Crippen molar-refractivity contribution in [2.24, 2.45) is 0 Å². The molecule has 0 spiro atoms. The molecule has 0 atom stereocenters. The topological polar surface area (TPSA) is 70.2 Å². The Morgan fingerprint density at radius 2 is 1.33 bits per heavy atom. The molecule has 0 saturated carbocycles. The van der Waals surface area contributed by atoms with Crippen molar-refractivity contribution in [3.8, 4) is 0 Å². The molecule has 11 heteroatoms. The lowest BCUT2D eigenvalue weighted by Crippen LogP contribution is -2.19. The van der Waals surface area contributed by atoms with E-state index >= 15 is 0 Å². The number of thiocarbonyl (C=S) groups is 1. The Labute approximate surface area is 193 Å². The minimum atomic E-state index is -3.82. The van der Waals surface area contributed by atoms with E-state index in [1.54, 1.807) is 12.1 Å². The van der Waals surface area contributed by atoms with Crippen molar-refractivity contribution < 1.29 is 12.8 Å². The third kappa shape index (κ3) is 5.74. The van der Waals surface area contributed by atoms with Gasteiger partial charge in [-0.15, -0.1) is 0 Å². The number of hydrogen-bond donors (Lipinski definition) is 3. The number of sulfonamides is 1. The van der Waals surface area contributed by atoms with Crippen LogP contribution in [-0.4, -0.2) is 13.5 Å². The Morgan fingerprint density at radius 1 is 0.767 bits per heavy atom. The SMILES string of the molecule is O=S(=O)(Nc1ccc(Cl)c(Cl)c1)c1ccc(NC(=S)Nc2ccc(F)c(Cl)c2)cc1. The van der Waals surface area contributed by atoms with Gasteiger partial charge in [0.15, 0.2) is 5.11 Å². The lowest BCUT2D eigenvalue weighted by Gasteiger charge is -2.12. The van der Waals surface area contributed by atoms with E-state index in [0.29, 0.717) is 16.4 Å². The summed E-state index contributed by atoms with van der Waals surface area (Å²) >= 11 is 22.7. The first-order valence-electron chi connectivity index (χ1n) is 8.25. The largest absolute Gasteiger partial charge is 0.332 e. The van der Waals surface area contributed by atoms with Crippen molar-refractivity contribution in [1.29, 1.82) is 0 Å². The highest BCUT2D eigenvalue weighted by Gasteiger charge is 2.15. The molecule has 3 N–H and O–H groups in total. The van der Waals surface area contributed by atoms with Gasteiger partial charge in [-0.25, -0.2) is 12.8 Å². The smallest absolute Gasteiger partial charge is 0.261 e. The van der Waals surface area contributed by atoms with Crippen LogP contribution in [0.15, 0.2) is 65.6 Å². The zero-order chi connectivity index (χ0) is 21.9. The zero-order valence-corrected chi connectivity index (χ0v) is 18.8. The Kier molecular flexibility index (Phi) is 7.05. The second-order valence-corrected chi connectivity index (χ2v) is 9.28. The molecule has 0 aliphatic heterocycles. The third-order valence-corrected chi connectivity index (χ3v) is 6.40. The summed E-state index contributed by atoms with van der Waals surface area (Å²) in [7, 11) is -3.82. The number of rotatable bonds is 5. The van der Waals surface area contributed by atoms with E-state index in [-0.39, 0.29) is 25.7 Å². The molecule has 0 fully saturated rings. The quantitative estimate of drug-likeness (QED) is 0.351. The zero-order valence-electron chi connectivity index (χ0n) is 14.9. The molecule has 3 aromatic carbocycles. The van der Waals surface area contributed by atoms with E-state index in [1.165, 1.54) is 48.5 Å². The van der Waals surface area contributed by atoms with Crippen molar-refractivity contribution in [3.63, 3.8) is 0 Å². The number of anilines is 3. The molecule has 0 amide bonds. The van der Waals surface area contributed by atoms with Crippen LogP contribution < -0.4 is 15.4 Å². The maximum atomic E-state index is 13.2. The van der Waals surface area contributed by atoms with E-state index in [4.69, 9.17) is 47.0 Å². The molecule has 3 aromatic rings. The predicted octanol–water partition coefficient (Wildman–Crippen LogP) is 6.40. The normalized spacial score (nSPS) is 11.1. The number of halogens is 4. The first-order valence-corrected chi connectivity index (χ1v) is 11.3. The van der Waals surface area contributed by atoms with Crippen molar-refractivity contribution in [3.05, 3.63) is 81.5 Å². The highest BCUT2D eigenvalue weighted by molar-refractivity contribution is 7.92. The van der Waals surface area contributed by atoms with Crippen LogP contribution in [0.2, 0.25) is 15.1 Å². The predicted molar refractivity (Wildman–Crippen MR) is 125 cm³/mol. The average Bonchev–Trinajstić information content (AvgIpc) is 2.68. The Morgan fingerprint density at radius 3 is 1.97 bits per heavy atom. The maximum Gasteiger partial charge on any atom is 0.261 e. The molecule has 0 radical (unpaired) electrons. The number of benzene rings is 3. The van der Waals surface area contributed by atoms with Crippen LogP contribution in [0.25, 0.3) is 0 Å². The monoisotopic (exact) mass is 503 g/mol. The van der Waals surface area contributed by atoms with Crippen LogP contribution in [0.1, 0.15) is 0 Å². The molecule has 30 heavy (non-hydrogen) atoms. The van der Waals surface area contributed by atoms with E-state index in [2.05, 4.69) is 15.4 Å². The lowest BCUT2D eigenvalue weighted by molar-refractivity contribution is 0.601. The fraction of sp³-hybridized carbons (Fsp3) is 0. The van der Waals surface area contributed by atoms with Gasteiger partial charge in [0.2, 0.25) is 0 Å². The van der Waals surface area contributed by atoms with E-state index in [1.807, 2.05) is 0 Å². The van der Waals surface area contributed by atoms with Crippen molar-refractivity contribution in [2.75, 3.05) is 15.4 Å². The molecule has 0 aliphatic rings. The minimum absolute atomic E-state index is 0.0353. The molecule has 0 unspecified atom stereocenters. The fourth-order valence-electron chi connectivity index (χ4n) is 2.36. The third-order valence-electron chi connectivity index (χ3n) is 3.77. The van der Waals surface area contributed by atoms with Crippen LogP contribution in [0.3, 0.4) is 0 Å². The van der Waals surface area contributed by atoms with Gasteiger partial charge in [-0.2, -0.15) is 0 Å². The summed E-state index contributed by atoms with van der Waals surface area (Å²) in [6.45, 7) is 0. The molecule has 0 bridgehead atoms. The molecule has 0 heterocycles. The highest BCUT2D eigenvalue weighted by Crippen LogP contribution is 2.27. The molecule has 156 valence electrons. The minimum Gasteiger partial charge on any atom is -0.332 e. The molecule has 5 nitrogen and oxygen atoms in total. The summed E-state index contributed by atoms with van der Waals surface area (Å²) in [4.78, 5) is 0.0447. The summed E-state index contributed by atoms with van der Waals surface area (Å²) < 4.78 is 40.7. The Balaban J connectivity index is 1.66. The summed E-state index contributed by atoms with van der Waals surface area (Å²) in [6, 6.07) is 14.5. The molecular formula is C19H13Cl3FN3O2S2. The van der Waals surface area contributed by atoms with Gasteiger partial charge in [0, 0.05) is 11.4 Å². The first-order chi connectivity index (χ1) is 14.1. The lowest BCUT2D eigenvalue weighted by atomic mass is 10.3. The van der Waals surface area contributed by atoms with Crippen LogP contribution in [0.5, 0.6) is 0 Å². The van der Waals surface area contributed by atoms with Gasteiger partial charge in [-0.1, -0.05) is 34.8 Å². The van der Waals surface area contributed by atoms with Crippen molar-refractivity contribution >= 4 is 79.2 Å². The Hall–Kier alpha value is -2.10. The van der Waals surface area contributed by atoms with E-state index in [0.717, 1.165) is 0 Å². The second-order valence-electron chi connectivity index (χ2n) is 5.97. The van der Waals surface area contributed by atoms with E-state index < -0.39 is 15.8 Å². The van der Waals surface area contributed by atoms with Gasteiger partial charge in [0.05, 0.1) is 25.7 Å². The molecule has 0 aromatic heterocycles.